The Labute approximate surface area is 187 Å². The lowest BCUT2D eigenvalue weighted by Crippen LogP contribution is -2.35. The molecule has 1 N–H and O–H groups in total. The fourth-order valence-electron chi connectivity index (χ4n) is 3.43. The maximum Gasteiger partial charge on any atom is 0.246 e. The summed E-state index contributed by atoms with van der Waals surface area (Å²) in [7, 11) is -2.28. The van der Waals surface area contributed by atoms with Crippen LogP contribution in [-0.4, -0.2) is 38.8 Å². The molecule has 0 unspecified atom stereocenters. The molecule has 1 aliphatic heterocycles. The summed E-state index contributed by atoms with van der Waals surface area (Å²) in [6.07, 6.45) is 3.23. The number of rotatable bonds is 7. The van der Waals surface area contributed by atoms with Crippen LogP contribution in [0.15, 0.2) is 41.3 Å². The van der Waals surface area contributed by atoms with Gasteiger partial charge in [-0.3, -0.25) is 4.79 Å². The van der Waals surface area contributed by atoms with Crippen molar-refractivity contribution in [3.63, 3.8) is 0 Å². The van der Waals surface area contributed by atoms with Crippen LogP contribution in [-0.2, 0) is 21.2 Å². The average Bonchev–Trinajstić information content (AvgIpc) is 2.74. The van der Waals surface area contributed by atoms with Gasteiger partial charge in [0.25, 0.3) is 0 Å². The minimum absolute atomic E-state index is 0.0545. The summed E-state index contributed by atoms with van der Waals surface area (Å²) in [5.41, 5.74) is 1.10. The van der Waals surface area contributed by atoms with Crippen molar-refractivity contribution < 1.29 is 17.9 Å². The third-order valence-corrected chi connectivity index (χ3v) is 7.67. The van der Waals surface area contributed by atoms with Gasteiger partial charge >= 0.3 is 0 Å². The molecule has 1 aliphatic rings. The molecule has 1 heterocycles. The Bertz CT molecular complexity index is 1000. The highest BCUT2D eigenvalue weighted by Gasteiger charge is 2.29. The Hall–Kier alpha value is -1.80. The Morgan fingerprint density at radius 3 is 2.40 bits per heavy atom. The van der Waals surface area contributed by atoms with Gasteiger partial charge in [-0.15, -0.1) is 0 Å². The van der Waals surface area contributed by atoms with Gasteiger partial charge in [0.2, 0.25) is 15.9 Å². The van der Waals surface area contributed by atoms with Gasteiger partial charge in [0.15, 0.2) is 0 Å². The first-order valence-electron chi connectivity index (χ1n) is 9.74. The molecule has 30 heavy (non-hydrogen) atoms. The van der Waals surface area contributed by atoms with Crippen LogP contribution in [0, 0.1) is 0 Å². The predicted octanol–water partition coefficient (Wildman–Crippen LogP) is 4.75. The number of ether oxygens (including phenoxy) is 1. The number of nitrogens with zero attached hydrogens (tertiary/aromatic N) is 1. The van der Waals surface area contributed by atoms with Gasteiger partial charge in [0.1, 0.15) is 10.6 Å². The van der Waals surface area contributed by atoms with Crippen molar-refractivity contribution in [2.75, 3.05) is 25.5 Å². The summed E-state index contributed by atoms with van der Waals surface area (Å²) in [4.78, 5) is 12.5. The van der Waals surface area contributed by atoms with Crippen molar-refractivity contribution in [2.24, 2.45) is 0 Å². The molecule has 9 heteroatoms. The molecule has 0 aliphatic carbocycles. The van der Waals surface area contributed by atoms with Crippen molar-refractivity contribution in [1.82, 2.24) is 4.31 Å². The van der Waals surface area contributed by atoms with Gasteiger partial charge < -0.3 is 10.1 Å². The number of sulfonamides is 1. The second-order valence-corrected chi connectivity index (χ2v) is 9.80. The number of carbonyl (C=O) groups is 1. The first-order chi connectivity index (χ1) is 14.3. The molecule has 1 saturated heterocycles. The number of benzene rings is 2. The predicted molar refractivity (Wildman–Crippen MR) is 119 cm³/mol. The molecule has 0 bridgehead atoms. The maximum atomic E-state index is 13.1. The van der Waals surface area contributed by atoms with E-state index in [9.17, 15) is 13.2 Å². The quantitative estimate of drug-likeness (QED) is 0.633. The number of amides is 1. The lowest BCUT2D eigenvalue weighted by molar-refractivity contribution is -0.116. The molecule has 3 rings (SSSR count). The van der Waals surface area contributed by atoms with Crippen molar-refractivity contribution in [2.45, 2.75) is 37.0 Å². The van der Waals surface area contributed by atoms with Crippen LogP contribution in [0.4, 0.5) is 5.69 Å². The fourth-order valence-corrected chi connectivity index (χ4v) is 5.72. The van der Waals surface area contributed by atoms with Gasteiger partial charge in [-0.1, -0.05) is 35.7 Å². The van der Waals surface area contributed by atoms with Gasteiger partial charge in [-0.25, -0.2) is 8.42 Å². The Kier molecular flexibility index (Phi) is 7.63. The lowest BCUT2D eigenvalue weighted by Gasteiger charge is -2.26. The topological polar surface area (TPSA) is 75.7 Å². The number of piperidine rings is 1. The SMILES string of the molecule is COc1ccc(NC(=O)CCc2c(Cl)cccc2Cl)cc1S(=O)(=O)N1CCCCC1. The van der Waals surface area contributed by atoms with Crippen LogP contribution in [0.3, 0.4) is 0 Å². The lowest BCUT2D eigenvalue weighted by atomic mass is 10.1. The van der Waals surface area contributed by atoms with E-state index in [0.29, 0.717) is 40.8 Å². The smallest absolute Gasteiger partial charge is 0.246 e. The molecule has 0 saturated carbocycles. The average molecular weight is 471 g/mol. The standard InChI is InChI=1S/C21H24Cl2N2O4S/c1-29-19-10-8-15(14-20(19)30(27,28)25-12-3-2-4-13-25)24-21(26)11-9-16-17(22)6-5-7-18(16)23/h5-8,10,14H,2-4,9,11-13H2,1H3,(H,24,26). The van der Waals surface area contributed by atoms with Crippen LogP contribution >= 0.6 is 23.2 Å². The molecule has 0 spiro atoms. The fraction of sp³-hybridized carbons (Fsp3) is 0.381. The number of methoxy groups -OCH3 is 1. The highest BCUT2D eigenvalue weighted by Crippen LogP contribution is 2.31. The number of nitrogens with one attached hydrogen (secondary N) is 1. The molecular formula is C21H24Cl2N2O4S. The van der Waals surface area contributed by atoms with E-state index in [1.807, 2.05) is 0 Å². The largest absolute Gasteiger partial charge is 0.495 e. The maximum absolute atomic E-state index is 13.1. The Balaban J connectivity index is 1.75. The molecule has 0 aromatic heterocycles. The second kappa shape index (κ2) is 10.0. The van der Waals surface area contributed by atoms with Gasteiger partial charge in [0, 0.05) is 35.2 Å². The summed E-state index contributed by atoms with van der Waals surface area (Å²) in [5.74, 6) is -0.0149. The summed E-state index contributed by atoms with van der Waals surface area (Å²) < 4.78 is 32.9. The van der Waals surface area contributed by atoms with E-state index < -0.39 is 10.0 Å². The van der Waals surface area contributed by atoms with Crippen LogP contribution in [0.1, 0.15) is 31.2 Å². The molecule has 162 valence electrons. The summed E-state index contributed by atoms with van der Waals surface area (Å²) >= 11 is 12.3. The van der Waals surface area contributed by atoms with Crippen molar-refractivity contribution in [3.05, 3.63) is 52.0 Å². The molecule has 1 amide bonds. The zero-order chi connectivity index (χ0) is 21.7. The van der Waals surface area contributed by atoms with E-state index in [2.05, 4.69) is 5.32 Å². The molecule has 2 aromatic carbocycles. The van der Waals surface area contributed by atoms with Crippen LogP contribution in [0.5, 0.6) is 5.75 Å². The van der Waals surface area contributed by atoms with E-state index in [1.54, 1.807) is 30.3 Å². The monoisotopic (exact) mass is 470 g/mol. The summed E-state index contributed by atoms with van der Waals surface area (Å²) in [5, 5.41) is 3.77. The number of carbonyl (C=O) groups excluding carboxylic acids is 1. The van der Waals surface area contributed by atoms with E-state index in [0.717, 1.165) is 19.3 Å². The molecule has 0 atom stereocenters. The van der Waals surface area contributed by atoms with E-state index in [4.69, 9.17) is 27.9 Å². The first-order valence-corrected chi connectivity index (χ1v) is 11.9. The van der Waals surface area contributed by atoms with E-state index in [1.165, 1.54) is 17.5 Å². The number of hydrogen-bond acceptors (Lipinski definition) is 4. The first kappa shape index (κ1) is 22.9. The zero-order valence-corrected chi connectivity index (χ0v) is 19.0. The molecule has 2 aromatic rings. The molecule has 6 nitrogen and oxygen atoms in total. The van der Waals surface area contributed by atoms with Crippen LogP contribution in [0.2, 0.25) is 10.0 Å². The van der Waals surface area contributed by atoms with E-state index in [-0.39, 0.29) is 23.0 Å². The van der Waals surface area contributed by atoms with Crippen molar-refractivity contribution in [1.29, 1.82) is 0 Å². The van der Waals surface area contributed by atoms with Crippen molar-refractivity contribution in [3.8, 4) is 5.75 Å². The Morgan fingerprint density at radius 2 is 1.77 bits per heavy atom. The molecule has 1 fully saturated rings. The Morgan fingerprint density at radius 1 is 1.10 bits per heavy atom. The summed E-state index contributed by atoms with van der Waals surface area (Å²) in [6.45, 7) is 0.974. The van der Waals surface area contributed by atoms with E-state index >= 15 is 0 Å². The van der Waals surface area contributed by atoms with Crippen molar-refractivity contribution >= 4 is 44.8 Å². The highest BCUT2D eigenvalue weighted by atomic mass is 35.5. The molecule has 0 radical (unpaired) electrons. The van der Waals surface area contributed by atoms with Gasteiger partial charge in [-0.05, 0) is 55.2 Å². The second-order valence-electron chi connectivity index (χ2n) is 7.08. The third-order valence-electron chi connectivity index (χ3n) is 5.04. The summed E-state index contributed by atoms with van der Waals surface area (Å²) in [6, 6.07) is 9.81. The zero-order valence-electron chi connectivity index (χ0n) is 16.7. The minimum atomic E-state index is -3.71. The van der Waals surface area contributed by atoms with Crippen LogP contribution in [0.25, 0.3) is 0 Å². The van der Waals surface area contributed by atoms with Crippen LogP contribution < -0.4 is 10.1 Å². The van der Waals surface area contributed by atoms with Gasteiger partial charge in [-0.2, -0.15) is 4.31 Å². The number of halogens is 2. The molecular weight excluding hydrogens is 447 g/mol. The highest BCUT2D eigenvalue weighted by molar-refractivity contribution is 7.89. The normalized spacial score (nSPS) is 15.0. The number of hydrogen-bond donors (Lipinski definition) is 1. The number of anilines is 1. The minimum Gasteiger partial charge on any atom is -0.495 e. The van der Waals surface area contributed by atoms with Gasteiger partial charge in [0.05, 0.1) is 7.11 Å². The third kappa shape index (κ3) is 5.27.